The van der Waals surface area contributed by atoms with Crippen molar-refractivity contribution >= 4 is 54.4 Å². The van der Waals surface area contributed by atoms with Gasteiger partial charge in [0.25, 0.3) is 11.8 Å². The molecule has 1 aromatic heterocycles. The van der Waals surface area contributed by atoms with Gasteiger partial charge in [-0.3, -0.25) is 9.59 Å². The summed E-state index contributed by atoms with van der Waals surface area (Å²) >= 11 is 5.71. The third-order valence-electron chi connectivity index (χ3n) is 4.38. The van der Waals surface area contributed by atoms with Crippen molar-refractivity contribution in [3.63, 3.8) is 0 Å². The summed E-state index contributed by atoms with van der Waals surface area (Å²) in [6.45, 7) is 5.61. The summed E-state index contributed by atoms with van der Waals surface area (Å²) in [4.78, 5) is 41.4. The highest BCUT2D eigenvalue weighted by Crippen LogP contribution is 2.28. The van der Waals surface area contributed by atoms with Crippen molar-refractivity contribution in [1.82, 2.24) is 15.0 Å². The molecule has 2 heterocycles. The van der Waals surface area contributed by atoms with E-state index in [1.165, 1.54) is 12.1 Å². The van der Waals surface area contributed by atoms with Crippen LogP contribution in [0.25, 0.3) is 0 Å². The van der Waals surface area contributed by atoms with Crippen LogP contribution in [0.3, 0.4) is 0 Å². The fourth-order valence-corrected chi connectivity index (χ4v) is 3.56. The number of hydrazone groups is 1. The number of hydrogen-bond donors (Lipinski definition) is 4. The molecule has 184 valence electrons. The van der Waals surface area contributed by atoms with Gasteiger partial charge in [0.05, 0.1) is 5.71 Å². The molecule has 0 spiro atoms. The molecule has 0 radical (unpaired) electrons. The number of rotatable bonds is 4. The maximum atomic E-state index is 12.0. The molecule has 0 saturated carbocycles. The van der Waals surface area contributed by atoms with Crippen LogP contribution in [0.15, 0.2) is 72.1 Å². The number of anilines is 2. The van der Waals surface area contributed by atoms with E-state index in [0.717, 1.165) is 10.3 Å². The zero-order valence-corrected chi connectivity index (χ0v) is 21.1. The fourth-order valence-electron chi connectivity index (χ4n) is 2.57. The second kappa shape index (κ2) is 13.5. The number of nitrogens with one attached hydrogen (secondary N) is 1. The minimum Gasteiger partial charge on any atom is -0.399 e. The molecule has 2 atom stereocenters. The zero-order valence-electron chi connectivity index (χ0n) is 19.5. The lowest BCUT2D eigenvalue weighted by Crippen LogP contribution is -2.40. The number of amides is 2. The Labute approximate surface area is 209 Å². The van der Waals surface area contributed by atoms with Gasteiger partial charge in [-0.1, -0.05) is 25.4 Å². The molecule has 2 amide bonds. The number of nitrogens with two attached hydrogens (primary N) is 2. The summed E-state index contributed by atoms with van der Waals surface area (Å²) in [6.07, 6.45) is 3.23. The molecule has 4 rings (SSSR count). The van der Waals surface area contributed by atoms with Crippen LogP contribution in [0.2, 0.25) is 5.02 Å². The van der Waals surface area contributed by atoms with Crippen molar-refractivity contribution in [2.24, 2.45) is 10.8 Å². The van der Waals surface area contributed by atoms with Crippen molar-refractivity contribution < 1.29 is 14.5 Å². The van der Waals surface area contributed by atoms with Crippen LogP contribution in [0.4, 0.5) is 11.6 Å². The average molecular weight is 516 g/mol. The van der Waals surface area contributed by atoms with Gasteiger partial charge in [-0.2, -0.15) is 10.1 Å². The Morgan fingerprint density at radius 2 is 1.66 bits per heavy atom. The number of nitrogens with zero attached hydrogens (tertiary/aromatic N) is 4. The predicted octanol–water partition coefficient (Wildman–Crippen LogP) is 3.15. The zero-order chi connectivity index (χ0) is 26.0. The standard InChI is InChI=1S/C11H10ClN3O2.C10H11N4OP.C2H6/c1-6-9(13)11(17)15(14-6)10(16)7-2-4-8(12)5-3-7;11-8-2-4-9(5-3-8)16(15)14-10-12-6-1-7-13-10;1-2/h2-5,9H,13H2,1H3;1-7,15H,11H2,(H,12,13,14);1-2H3. The lowest BCUT2D eigenvalue weighted by Gasteiger charge is -2.11. The number of aromatic nitrogens is 2. The van der Waals surface area contributed by atoms with Gasteiger partial charge in [0.15, 0.2) is 8.30 Å². The molecule has 1 aliphatic heterocycles. The van der Waals surface area contributed by atoms with E-state index in [-0.39, 0.29) is 0 Å². The van der Waals surface area contributed by atoms with Gasteiger partial charge >= 0.3 is 0 Å². The molecule has 35 heavy (non-hydrogen) atoms. The van der Waals surface area contributed by atoms with E-state index in [1.807, 2.05) is 13.8 Å². The van der Waals surface area contributed by atoms with E-state index >= 15 is 0 Å². The normalized spacial score (nSPS) is 15.1. The highest BCUT2D eigenvalue weighted by Gasteiger charge is 2.35. The van der Waals surface area contributed by atoms with Crippen LogP contribution in [0.5, 0.6) is 0 Å². The average Bonchev–Trinajstić information content (AvgIpc) is 3.14. The summed E-state index contributed by atoms with van der Waals surface area (Å²) in [5.74, 6) is -0.602. The Balaban J connectivity index is 0.000000231. The number of carbonyl (C=O) groups is 2. The maximum absolute atomic E-state index is 12.0. The third-order valence-corrected chi connectivity index (χ3v) is 5.83. The molecular formula is C23H27ClN7O3P. The van der Waals surface area contributed by atoms with Gasteiger partial charge in [0, 0.05) is 34.0 Å². The Morgan fingerprint density at radius 3 is 2.17 bits per heavy atom. The van der Waals surface area contributed by atoms with Crippen LogP contribution in [-0.4, -0.2) is 43.4 Å². The van der Waals surface area contributed by atoms with E-state index in [2.05, 4.69) is 20.2 Å². The van der Waals surface area contributed by atoms with Crippen molar-refractivity contribution in [1.29, 1.82) is 0 Å². The van der Waals surface area contributed by atoms with Crippen molar-refractivity contribution in [3.8, 4) is 0 Å². The number of carbonyl (C=O) groups excluding carboxylic acids is 2. The van der Waals surface area contributed by atoms with Gasteiger partial charge in [-0.25, -0.2) is 9.97 Å². The van der Waals surface area contributed by atoms with E-state index < -0.39 is 26.2 Å². The topological polar surface area (TPSA) is 160 Å². The monoisotopic (exact) mass is 515 g/mol. The van der Waals surface area contributed by atoms with Crippen LogP contribution >= 0.6 is 19.9 Å². The molecule has 2 unspecified atom stereocenters. The van der Waals surface area contributed by atoms with Gasteiger partial charge in [0.2, 0.25) is 5.95 Å². The third kappa shape index (κ3) is 7.80. The summed E-state index contributed by atoms with van der Waals surface area (Å²) in [5.41, 5.74) is 12.6. The molecule has 0 saturated heterocycles. The second-order valence-corrected chi connectivity index (χ2v) is 8.57. The highest BCUT2D eigenvalue weighted by atomic mass is 35.5. The van der Waals surface area contributed by atoms with Crippen LogP contribution in [-0.2, 0) is 4.79 Å². The minimum absolute atomic E-state index is 0.341. The molecular weight excluding hydrogens is 489 g/mol. The predicted molar refractivity (Wildman–Crippen MR) is 140 cm³/mol. The Kier molecular flexibility index (Phi) is 10.7. The van der Waals surface area contributed by atoms with Gasteiger partial charge in [-0.05, 0) is 61.5 Å². The number of halogens is 1. The molecule has 0 bridgehead atoms. The molecule has 0 fully saturated rings. The Bertz CT molecular complexity index is 1150. The number of benzene rings is 2. The molecule has 6 N–H and O–H groups in total. The summed E-state index contributed by atoms with van der Waals surface area (Å²) < 4.78 is 0. The van der Waals surface area contributed by atoms with Gasteiger partial charge in [0.1, 0.15) is 6.04 Å². The summed E-state index contributed by atoms with van der Waals surface area (Å²) in [6, 6.07) is 14.1. The van der Waals surface area contributed by atoms with E-state index in [9.17, 15) is 14.5 Å². The lowest BCUT2D eigenvalue weighted by atomic mass is 10.2. The number of imide groups is 1. The van der Waals surface area contributed by atoms with E-state index in [0.29, 0.717) is 27.9 Å². The smallest absolute Gasteiger partial charge is 0.281 e. The fraction of sp³-hybridized carbons (Fsp3) is 0.174. The highest BCUT2D eigenvalue weighted by molar-refractivity contribution is 7.61. The Hall–Kier alpha value is -3.43. The lowest BCUT2D eigenvalue weighted by molar-refractivity contribution is -0.127. The first-order valence-corrected chi connectivity index (χ1v) is 12.3. The molecule has 3 aromatic rings. The quantitative estimate of drug-likeness (QED) is 0.234. The Morgan fingerprint density at radius 1 is 1.09 bits per heavy atom. The minimum atomic E-state index is -1.49. The molecule has 12 heteroatoms. The van der Waals surface area contributed by atoms with E-state index in [4.69, 9.17) is 23.1 Å². The number of nitrogen functional groups attached to an aromatic ring is 1. The van der Waals surface area contributed by atoms with Crippen LogP contribution < -0.4 is 21.9 Å². The number of hydrogen-bond acceptors (Lipinski definition) is 9. The summed E-state index contributed by atoms with van der Waals surface area (Å²) in [7, 11) is -1.49. The first-order valence-electron chi connectivity index (χ1n) is 10.6. The maximum Gasteiger partial charge on any atom is 0.281 e. The summed E-state index contributed by atoms with van der Waals surface area (Å²) in [5, 5.41) is 8.77. The molecule has 1 aliphatic rings. The van der Waals surface area contributed by atoms with Crippen LogP contribution in [0, 0.1) is 0 Å². The van der Waals surface area contributed by atoms with Gasteiger partial charge < -0.3 is 21.4 Å². The first kappa shape index (κ1) is 27.8. The molecule has 10 nitrogen and oxygen atoms in total. The van der Waals surface area contributed by atoms with Crippen molar-refractivity contribution in [2.45, 2.75) is 26.8 Å². The molecule has 0 aliphatic carbocycles. The van der Waals surface area contributed by atoms with Crippen molar-refractivity contribution in [3.05, 3.63) is 77.6 Å². The van der Waals surface area contributed by atoms with Crippen molar-refractivity contribution in [2.75, 3.05) is 10.8 Å². The SMILES string of the molecule is CC.CC1=NN(C(=O)c2ccc(Cl)cc2)C(=O)C1N.Nc1ccc(P(O)Nc2ncccn2)cc1. The molecule has 2 aromatic carbocycles. The van der Waals surface area contributed by atoms with Crippen LogP contribution in [0.1, 0.15) is 31.1 Å². The van der Waals surface area contributed by atoms with E-state index in [1.54, 1.807) is 61.8 Å². The second-order valence-electron chi connectivity index (χ2n) is 6.77. The largest absolute Gasteiger partial charge is 0.399 e. The van der Waals surface area contributed by atoms with Gasteiger partial charge in [-0.15, -0.1) is 0 Å². The first-order chi connectivity index (χ1) is 16.8.